The van der Waals surface area contributed by atoms with Crippen LogP contribution in [0.4, 0.5) is 4.79 Å². The lowest BCUT2D eigenvalue weighted by Crippen LogP contribution is -2.46. The molecule has 3 rings (SSSR count). The van der Waals surface area contributed by atoms with E-state index in [0.717, 1.165) is 30.6 Å². The molecule has 1 aliphatic rings. The van der Waals surface area contributed by atoms with Gasteiger partial charge < -0.3 is 19.7 Å². The number of aliphatic hydroxyl groups excluding tert-OH is 1. The minimum Gasteiger partial charge on any atom is -0.444 e. The number of amides is 2. The van der Waals surface area contributed by atoms with Crippen LogP contribution in [-0.4, -0.2) is 47.3 Å². The molecule has 1 fully saturated rings. The average molecular weight is 329 g/mol. The van der Waals surface area contributed by atoms with E-state index in [0.29, 0.717) is 25.4 Å². The fourth-order valence-corrected chi connectivity index (χ4v) is 2.94. The molecule has 1 aromatic carbocycles. The number of rotatable bonds is 5. The molecule has 2 heterocycles. The summed E-state index contributed by atoms with van der Waals surface area (Å²) >= 11 is 0. The zero-order valence-corrected chi connectivity index (χ0v) is 13.6. The molecule has 0 spiro atoms. The van der Waals surface area contributed by atoms with Gasteiger partial charge in [-0.05, 0) is 30.9 Å². The highest BCUT2D eigenvalue weighted by Gasteiger charge is 2.22. The van der Waals surface area contributed by atoms with Crippen LogP contribution in [0.3, 0.4) is 0 Å². The number of carbonyl (C=O) groups excluding carboxylic acids is 1. The van der Waals surface area contributed by atoms with Gasteiger partial charge in [-0.1, -0.05) is 18.2 Å². The number of likely N-dealkylation sites (tertiary alicyclic amines) is 1. The lowest BCUT2D eigenvalue weighted by molar-refractivity contribution is 0.129. The van der Waals surface area contributed by atoms with Crippen LogP contribution in [0.1, 0.15) is 18.5 Å². The minimum absolute atomic E-state index is 0.0695. The second kappa shape index (κ2) is 7.97. The van der Waals surface area contributed by atoms with Gasteiger partial charge in [-0.3, -0.25) is 0 Å². The molecule has 1 unspecified atom stereocenters. The summed E-state index contributed by atoms with van der Waals surface area (Å²) in [4.78, 5) is 18.4. The Morgan fingerprint density at radius 2 is 2.21 bits per heavy atom. The van der Waals surface area contributed by atoms with Crippen molar-refractivity contribution in [1.29, 1.82) is 0 Å². The van der Waals surface area contributed by atoms with Crippen molar-refractivity contribution in [2.45, 2.75) is 19.3 Å². The van der Waals surface area contributed by atoms with Crippen LogP contribution in [-0.2, 0) is 6.42 Å². The first-order valence-electron chi connectivity index (χ1n) is 8.39. The van der Waals surface area contributed by atoms with Crippen molar-refractivity contribution >= 4 is 6.03 Å². The first-order valence-corrected chi connectivity index (χ1v) is 8.39. The average Bonchev–Trinajstić information content (AvgIpc) is 3.11. The fourth-order valence-electron chi connectivity index (χ4n) is 2.94. The van der Waals surface area contributed by atoms with Crippen molar-refractivity contribution in [2.24, 2.45) is 5.92 Å². The molecule has 0 aliphatic carbocycles. The molecule has 1 aromatic heterocycles. The Balaban J connectivity index is 1.46. The van der Waals surface area contributed by atoms with E-state index in [-0.39, 0.29) is 18.6 Å². The van der Waals surface area contributed by atoms with E-state index >= 15 is 0 Å². The Morgan fingerprint density at radius 1 is 1.38 bits per heavy atom. The third-order valence-corrected chi connectivity index (χ3v) is 4.29. The Morgan fingerprint density at radius 3 is 3.00 bits per heavy atom. The number of nitrogens with one attached hydrogen (secondary N) is 1. The van der Waals surface area contributed by atoms with Gasteiger partial charge in [-0.2, -0.15) is 0 Å². The standard InChI is InChI=1S/C18H23N3O3/c22-12-14-5-4-10-21(11-14)18(23)19-9-8-16-13-24-17(20-16)15-6-2-1-3-7-15/h1-3,6-7,13-14,22H,4-5,8-12H2,(H,19,23). The highest BCUT2D eigenvalue weighted by atomic mass is 16.3. The van der Waals surface area contributed by atoms with Gasteiger partial charge in [-0.15, -0.1) is 0 Å². The SMILES string of the molecule is O=C(NCCc1coc(-c2ccccc2)n1)N1CCCC(CO)C1. The van der Waals surface area contributed by atoms with Crippen molar-refractivity contribution in [3.8, 4) is 11.5 Å². The molecule has 6 heteroatoms. The molecule has 1 atom stereocenters. The molecule has 2 N–H and O–H groups in total. The second-order valence-corrected chi connectivity index (χ2v) is 6.13. The van der Waals surface area contributed by atoms with Crippen LogP contribution in [0.2, 0.25) is 0 Å². The monoisotopic (exact) mass is 329 g/mol. The predicted octanol–water partition coefficient (Wildman–Crippen LogP) is 2.30. The molecule has 0 saturated carbocycles. The highest BCUT2D eigenvalue weighted by molar-refractivity contribution is 5.74. The summed E-state index contributed by atoms with van der Waals surface area (Å²) < 4.78 is 5.49. The molecule has 2 aromatic rings. The Bertz CT molecular complexity index is 657. The van der Waals surface area contributed by atoms with Crippen molar-refractivity contribution in [2.75, 3.05) is 26.2 Å². The van der Waals surface area contributed by atoms with Crippen molar-refractivity contribution in [1.82, 2.24) is 15.2 Å². The summed E-state index contributed by atoms with van der Waals surface area (Å²) in [6, 6.07) is 9.66. The molecular weight excluding hydrogens is 306 g/mol. The molecular formula is C18H23N3O3. The van der Waals surface area contributed by atoms with E-state index in [2.05, 4.69) is 10.3 Å². The van der Waals surface area contributed by atoms with Gasteiger partial charge in [0.1, 0.15) is 6.26 Å². The number of urea groups is 1. The number of piperidine rings is 1. The fraction of sp³-hybridized carbons (Fsp3) is 0.444. The summed E-state index contributed by atoms with van der Waals surface area (Å²) in [5, 5.41) is 12.2. The predicted molar refractivity (Wildman–Crippen MR) is 90.4 cm³/mol. The summed E-state index contributed by atoms with van der Waals surface area (Å²) in [6.45, 7) is 2.04. The van der Waals surface area contributed by atoms with E-state index in [1.54, 1.807) is 11.2 Å². The van der Waals surface area contributed by atoms with E-state index in [1.807, 2.05) is 30.3 Å². The smallest absolute Gasteiger partial charge is 0.317 e. The summed E-state index contributed by atoms with van der Waals surface area (Å²) in [6.07, 6.45) is 4.19. The molecule has 1 saturated heterocycles. The molecule has 2 amide bonds. The summed E-state index contributed by atoms with van der Waals surface area (Å²) in [5.41, 5.74) is 1.76. The maximum atomic E-state index is 12.2. The molecule has 6 nitrogen and oxygen atoms in total. The number of aromatic nitrogens is 1. The van der Waals surface area contributed by atoms with E-state index in [9.17, 15) is 9.90 Å². The normalized spacial score (nSPS) is 17.7. The maximum Gasteiger partial charge on any atom is 0.317 e. The molecule has 24 heavy (non-hydrogen) atoms. The number of carbonyl (C=O) groups is 1. The molecule has 128 valence electrons. The van der Waals surface area contributed by atoms with Crippen molar-refractivity contribution in [3.05, 3.63) is 42.3 Å². The third-order valence-electron chi connectivity index (χ3n) is 4.29. The van der Waals surface area contributed by atoms with Crippen LogP contribution in [0.25, 0.3) is 11.5 Å². The van der Waals surface area contributed by atoms with Crippen LogP contribution < -0.4 is 5.32 Å². The van der Waals surface area contributed by atoms with Gasteiger partial charge in [0.05, 0.1) is 5.69 Å². The van der Waals surface area contributed by atoms with Gasteiger partial charge in [0.15, 0.2) is 0 Å². The first kappa shape index (κ1) is 16.5. The van der Waals surface area contributed by atoms with Crippen molar-refractivity contribution in [3.63, 3.8) is 0 Å². The molecule has 0 radical (unpaired) electrons. The highest BCUT2D eigenvalue weighted by Crippen LogP contribution is 2.18. The van der Waals surface area contributed by atoms with Crippen molar-refractivity contribution < 1.29 is 14.3 Å². The quantitative estimate of drug-likeness (QED) is 0.882. The van der Waals surface area contributed by atoms with Crippen LogP contribution >= 0.6 is 0 Å². The lowest BCUT2D eigenvalue weighted by Gasteiger charge is -2.31. The van der Waals surface area contributed by atoms with Crippen LogP contribution in [0.15, 0.2) is 41.0 Å². The van der Waals surface area contributed by atoms with Gasteiger partial charge >= 0.3 is 6.03 Å². The van der Waals surface area contributed by atoms with E-state index in [1.165, 1.54) is 0 Å². The minimum atomic E-state index is -0.0695. The molecule has 0 bridgehead atoms. The summed E-state index contributed by atoms with van der Waals surface area (Å²) in [7, 11) is 0. The largest absolute Gasteiger partial charge is 0.444 e. The Labute approximate surface area is 141 Å². The molecule has 1 aliphatic heterocycles. The zero-order valence-electron chi connectivity index (χ0n) is 13.6. The number of aliphatic hydroxyl groups is 1. The van der Waals surface area contributed by atoms with Crippen LogP contribution in [0, 0.1) is 5.92 Å². The topological polar surface area (TPSA) is 78.6 Å². The second-order valence-electron chi connectivity index (χ2n) is 6.13. The van der Waals surface area contributed by atoms with Gasteiger partial charge in [0, 0.05) is 38.2 Å². The Hall–Kier alpha value is -2.34. The maximum absolute atomic E-state index is 12.2. The lowest BCUT2D eigenvalue weighted by atomic mass is 9.99. The number of hydrogen-bond acceptors (Lipinski definition) is 4. The number of hydrogen-bond donors (Lipinski definition) is 2. The van der Waals surface area contributed by atoms with Crippen LogP contribution in [0.5, 0.6) is 0 Å². The number of oxazole rings is 1. The first-order chi connectivity index (χ1) is 11.8. The van der Waals surface area contributed by atoms with Gasteiger partial charge in [-0.25, -0.2) is 9.78 Å². The van der Waals surface area contributed by atoms with E-state index < -0.39 is 0 Å². The van der Waals surface area contributed by atoms with Gasteiger partial charge in [0.25, 0.3) is 0 Å². The van der Waals surface area contributed by atoms with Gasteiger partial charge in [0.2, 0.25) is 5.89 Å². The summed E-state index contributed by atoms with van der Waals surface area (Å²) in [5.74, 6) is 0.798. The number of benzene rings is 1. The Kier molecular flexibility index (Phi) is 5.48. The van der Waals surface area contributed by atoms with E-state index in [4.69, 9.17) is 4.42 Å². The third kappa shape index (κ3) is 4.14. The zero-order chi connectivity index (χ0) is 16.8. The number of nitrogens with zero attached hydrogens (tertiary/aromatic N) is 2.